The maximum Gasteiger partial charge on any atom is 0.138 e. The number of rotatable bonds is 8. The molecule has 0 aliphatic rings. The Balaban J connectivity index is 2.19. The largest absolute Gasteiger partial charge is 0.489 e. The highest BCUT2D eigenvalue weighted by Crippen LogP contribution is 2.22. The van der Waals surface area contributed by atoms with Gasteiger partial charge in [-0.2, -0.15) is 0 Å². The van der Waals surface area contributed by atoms with Crippen LogP contribution in [0.25, 0.3) is 0 Å². The van der Waals surface area contributed by atoms with Gasteiger partial charge in [-0.1, -0.05) is 23.7 Å². The highest BCUT2D eigenvalue weighted by atomic mass is 35.5. The van der Waals surface area contributed by atoms with Crippen LogP contribution in [0.2, 0.25) is 5.02 Å². The highest BCUT2D eigenvalue weighted by molar-refractivity contribution is 6.32. The third kappa shape index (κ3) is 5.89. The number of para-hydroxylation sites is 1. The van der Waals surface area contributed by atoms with Crippen molar-refractivity contribution in [3.05, 3.63) is 29.3 Å². The van der Waals surface area contributed by atoms with Crippen LogP contribution in [0.5, 0.6) is 5.75 Å². The molecule has 0 amide bonds. The summed E-state index contributed by atoms with van der Waals surface area (Å²) in [6, 6.07) is 7.20. The number of benzene rings is 1. The van der Waals surface area contributed by atoms with E-state index < -0.39 is 6.10 Å². The topological polar surface area (TPSA) is 67.5 Å². The Kier molecular flexibility index (Phi) is 6.96. The third-order valence-electron chi connectivity index (χ3n) is 2.21. The second-order valence-corrected chi connectivity index (χ2v) is 4.15. The average molecular weight is 259 g/mol. The van der Waals surface area contributed by atoms with Crippen LogP contribution in [-0.4, -0.2) is 37.5 Å². The van der Waals surface area contributed by atoms with Crippen molar-refractivity contribution in [1.29, 1.82) is 0 Å². The molecule has 1 atom stereocenters. The Hall–Kier alpha value is -0.810. The van der Waals surface area contributed by atoms with E-state index in [2.05, 4.69) is 5.32 Å². The predicted molar refractivity (Wildman–Crippen MR) is 69.5 cm³/mol. The van der Waals surface area contributed by atoms with E-state index in [0.29, 0.717) is 23.9 Å². The van der Waals surface area contributed by atoms with Crippen molar-refractivity contribution in [1.82, 2.24) is 5.32 Å². The van der Waals surface area contributed by atoms with E-state index in [9.17, 15) is 5.11 Å². The molecule has 0 radical (unpaired) electrons. The van der Waals surface area contributed by atoms with Gasteiger partial charge in [-0.25, -0.2) is 0 Å². The van der Waals surface area contributed by atoms with Crippen molar-refractivity contribution in [2.24, 2.45) is 5.73 Å². The van der Waals surface area contributed by atoms with Gasteiger partial charge in [0, 0.05) is 6.54 Å². The van der Waals surface area contributed by atoms with Gasteiger partial charge in [0.15, 0.2) is 0 Å². The fourth-order valence-electron chi connectivity index (χ4n) is 1.30. The molecule has 0 saturated heterocycles. The minimum atomic E-state index is -0.552. The molecule has 5 heteroatoms. The summed E-state index contributed by atoms with van der Waals surface area (Å²) in [5.74, 6) is 0.593. The number of aliphatic hydroxyl groups excluding tert-OH is 1. The SMILES string of the molecule is NCCCNCC(O)COc1ccccc1Cl. The molecule has 0 fully saturated rings. The smallest absolute Gasteiger partial charge is 0.138 e. The Morgan fingerprint density at radius 2 is 2.18 bits per heavy atom. The van der Waals surface area contributed by atoms with Crippen LogP contribution in [0.3, 0.4) is 0 Å². The minimum absolute atomic E-state index is 0.222. The zero-order valence-electron chi connectivity index (χ0n) is 9.73. The van der Waals surface area contributed by atoms with Gasteiger partial charge in [-0.15, -0.1) is 0 Å². The summed E-state index contributed by atoms with van der Waals surface area (Å²) < 4.78 is 5.41. The van der Waals surface area contributed by atoms with Gasteiger partial charge in [-0.05, 0) is 31.6 Å². The molecule has 1 aromatic rings. The van der Waals surface area contributed by atoms with Gasteiger partial charge in [0.05, 0.1) is 5.02 Å². The molecular formula is C12H19ClN2O2. The van der Waals surface area contributed by atoms with Crippen LogP contribution in [0.4, 0.5) is 0 Å². The van der Waals surface area contributed by atoms with Crippen LogP contribution in [0.15, 0.2) is 24.3 Å². The number of ether oxygens (including phenoxy) is 1. The lowest BCUT2D eigenvalue weighted by Crippen LogP contribution is -2.32. The first-order chi connectivity index (χ1) is 8.24. The molecule has 0 aliphatic heterocycles. The minimum Gasteiger partial charge on any atom is -0.489 e. The van der Waals surface area contributed by atoms with E-state index in [4.69, 9.17) is 22.1 Å². The Bertz CT molecular complexity index is 323. The number of halogens is 1. The first-order valence-electron chi connectivity index (χ1n) is 5.70. The second kappa shape index (κ2) is 8.31. The molecule has 4 N–H and O–H groups in total. The predicted octanol–water partition coefficient (Wildman–Crippen LogP) is 1.02. The molecular weight excluding hydrogens is 240 g/mol. The normalized spacial score (nSPS) is 12.4. The lowest BCUT2D eigenvalue weighted by Gasteiger charge is -2.13. The zero-order valence-corrected chi connectivity index (χ0v) is 10.5. The molecule has 96 valence electrons. The maximum atomic E-state index is 9.64. The monoisotopic (exact) mass is 258 g/mol. The molecule has 0 aromatic heterocycles. The van der Waals surface area contributed by atoms with Gasteiger partial charge in [-0.3, -0.25) is 0 Å². The van der Waals surface area contributed by atoms with Gasteiger partial charge in [0.25, 0.3) is 0 Å². The molecule has 0 bridgehead atoms. The fraction of sp³-hybridized carbons (Fsp3) is 0.500. The summed E-state index contributed by atoms with van der Waals surface area (Å²) in [6.45, 7) is 2.17. The molecule has 0 spiro atoms. The summed E-state index contributed by atoms with van der Waals surface area (Å²) in [5, 5.41) is 13.3. The van der Waals surface area contributed by atoms with Crippen LogP contribution >= 0.6 is 11.6 Å². The van der Waals surface area contributed by atoms with Crippen LogP contribution in [0.1, 0.15) is 6.42 Å². The summed E-state index contributed by atoms with van der Waals surface area (Å²) in [4.78, 5) is 0. The second-order valence-electron chi connectivity index (χ2n) is 3.74. The first kappa shape index (κ1) is 14.3. The molecule has 17 heavy (non-hydrogen) atoms. The van der Waals surface area contributed by atoms with Crippen molar-refractivity contribution < 1.29 is 9.84 Å². The number of nitrogens with two attached hydrogens (primary N) is 1. The third-order valence-corrected chi connectivity index (χ3v) is 2.52. The number of nitrogens with one attached hydrogen (secondary N) is 1. The molecule has 0 heterocycles. The van der Waals surface area contributed by atoms with E-state index in [-0.39, 0.29) is 6.61 Å². The lowest BCUT2D eigenvalue weighted by atomic mass is 10.3. The van der Waals surface area contributed by atoms with Crippen LogP contribution in [0, 0.1) is 0 Å². The standard InChI is InChI=1S/C12H19ClN2O2/c13-11-4-1-2-5-12(11)17-9-10(16)8-15-7-3-6-14/h1-2,4-5,10,15-16H,3,6-9,14H2. The van der Waals surface area contributed by atoms with Crippen molar-refractivity contribution in [3.63, 3.8) is 0 Å². The summed E-state index contributed by atoms with van der Waals surface area (Å²) in [6.07, 6.45) is 0.349. The first-order valence-corrected chi connectivity index (χ1v) is 6.08. The van der Waals surface area contributed by atoms with Crippen molar-refractivity contribution in [3.8, 4) is 5.75 Å². The molecule has 0 aliphatic carbocycles. The number of hydrogen-bond donors (Lipinski definition) is 3. The maximum absolute atomic E-state index is 9.64. The fourth-order valence-corrected chi connectivity index (χ4v) is 1.49. The van der Waals surface area contributed by atoms with Crippen LogP contribution in [-0.2, 0) is 0 Å². The molecule has 4 nitrogen and oxygen atoms in total. The molecule has 0 saturated carbocycles. The summed E-state index contributed by atoms with van der Waals surface area (Å²) in [7, 11) is 0. The van der Waals surface area contributed by atoms with Crippen molar-refractivity contribution in [2.45, 2.75) is 12.5 Å². The van der Waals surface area contributed by atoms with Crippen molar-refractivity contribution >= 4 is 11.6 Å². The zero-order chi connectivity index (χ0) is 12.5. The van der Waals surface area contributed by atoms with E-state index in [1.165, 1.54) is 0 Å². The molecule has 1 aromatic carbocycles. The van der Waals surface area contributed by atoms with Gasteiger partial charge in [0.2, 0.25) is 0 Å². The van der Waals surface area contributed by atoms with E-state index in [0.717, 1.165) is 13.0 Å². The summed E-state index contributed by atoms with van der Waals surface area (Å²) in [5.41, 5.74) is 5.35. The Morgan fingerprint density at radius 1 is 1.41 bits per heavy atom. The van der Waals surface area contributed by atoms with Crippen molar-refractivity contribution in [2.75, 3.05) is 26.2 Å². The Labute approximate surface area is 107 Å². The number of hydrogen-bond acceptors (Lipinski definition) is 4. The molecule has 1 unspecified atom stereocenters. The Morgan fingerprint density at radius 3 is 2.88 bits per heavy atom. The van der Waals surface area contributed by atoms with E-state index in [1.54, 1.807) is 12.1 Å². The van der Waals surface area contributed by atoms with Gasteiger partial charge >= 0.3 is 0 Å². The van der Waals surface area contributed by atoms with Crippen LogP contribution < -0.4 is 15.8 Å². The summed E-state index contributed by atoms with van der Waals surface area (Å²) >= 11 is 5.92. The quantitative estimate of drug-likeness (QED) is 0.609. The number of aliphatic hydroxyl groups is 1. The van der Waals surface area contributed by atoms with E-state index >= 15 is 0 Å². The van der Waals surface area contributed by atoms with Gasteiger partial charge < -0.3 is 20.9 Å². The van der Waals surface area contributed by atoms with Gasteiger partial charge in [0.1, 0.15) is 18.5 Å². The lowest BCUT2D eigenvalue weighted by molar-refractivity contribution is 0.106. The van der Waals surface area contributed by atoms with E-state index in [1.807, 2.05) is 12.1 Å². The molecule has 1 rings (SSSR count). The average Bonchev–Trinajstić information content (AvgIpc) is 2.34. The highest BCUT2D eigenvalue weighted by Gasteiger charge is 2.06.